The zero-order valence-electron chi connectivity index (χ0n) is 10.7. The number of rotatable bonds is 1. The lowest BCUT2D eigenvalue weighted by molar-refractivity contribution is -0.530. The highest BCUT2D eigenvalue weighted by Gasteiger charge is 2.19. The van der Waals surface area contributed by atoms with Gasteiger partial charge < -0.3 is 5.21 Å². The Kier molecular flexibility index (Phi) is 3.05. The number of nitrogens with zero attached hydrogens (tertiary/aromatic N) is 1. The van der Waals surface area contributed by atoms with E-state index in [0.717, 1.165) is 23.2 Å². The molecule has 1 aliphatic rings. The van der Waals surface area contributed by atoms with Gasteiger partial charge in [0.2, 0.25) is 0 Å². The van der Waals surface area contributed by atoms with E-state index in [0.29, 0.717) is 0 Å². The summed E-state index contributed by atoms with van der Waals surface area (Å²) >= 11 is 0. The molecule has 0 fully saturated rings. The molecule has 1 aromatic rings. The van der Waals surface area contributed by atoms with Crippen LogP contribution in [-0.4, -0.2) is 16.5 Å². The van der Waals surface area contributed by atoms with Crippen LogP contribution in [0.2, 0.25) is 0 Å². The highest BCUT2D eigenvalue weighted by molar-refractivity contribution is 5.84. The normalized spacial score (nSPS) is 16.4. The van der Waals surface area contributed by atoms with Crippen LogP contribution in [0.15, 0.2) is 29.8 Å². The molecular weight excluding hydrogens is 210 g/mol. The standard InChI is InChI=1S/C15H19NO/c1-15(2,3)16(17)11-12-8-9-13-6-4-5-7-14(13)10-12/h4-7,10-11H,8-9H2,1-3H3/b16-11-. The largest absolute Gasteiger partial charge is 0.623 e. The van der Waals surface area contributed by atoms with E-state index in [2.05, 4.69) is 24.3 Å². The number of hydroxylamine groups is 1. The maximum Gasteiger partial charge on any atom is 0.178 e. The Balaban J connectivity index is 2.30. The first kappa shape index (κ1) is 11.9. The molecule has 0 unspecified atom stereocenters. The Hall–Kier alpha value is -1.57. The van der Waals surface area contributed by atoms with Gasteiger partial charge in [-0.1, -0.05) is 24.3 Å². The lowest BCUT2D eigenvalue weighted by Gasteiger charge is -2.20. The SMILES string of the molecule is CC(C)(C)/[N+]([O-])=C/C1=Cc2ccccc2CC1. The first-order valence-corrected chi connectivity index (χ1v) is 6.06. The van der Waals surface area contributed by atoms with Gasteiger partial charge >= 0.3 is 0 Å². The van der Waals surface area contributed by atoms with Crippen molar-refractivity contribution in [2.75, 3.05) is 0 Å². The van der Waals surface area contributed by atoms with E-state index in [1.807, 2.05) is 26.8 Å². The predicted octanol–water partition coefficient (Wildman–Crippen LogP) is 3.40. The molecule has 2 nitrogen and oxygen atoms in total. The van der Waals surface area contributed by atoms with Crippen LogP contribution in [-0.2, 0) is 6.42 Å². The van der Waals surface area contributed by atoms with Gasteiger partial charge in [-0.3, -0.25) is 0 Å². The summed E-state index contributed by atoms with van der Waals surface area (Å²) in [5.74, 6) is 0. The summed E-state index contributed by atoms with van der Waals surface area (Å²) in [6.45, 7) is 5.77. The Morgan fingerprint density at radius 3 is 2.59 bits per heavy atom. The van der Waals surface area contributed by atoms with Gasteiger partial charge in [0.05, 0.1) is 0 Å². The summed E-state index contributed by atoms with van der Waals surface area (Å²) in [7, 11) is 0. The van der Waals surface area contributed by atoms with E-state index in [9.17, 15) is 5.21 Å². The Bertz CT molecular complexity index is 478. The molecule has 0 bridgehead atoms. The summed E-state index contributed by atoms with van der Waals surface area (Å²) < 4.78 is 1.05. The number of benzene rings is 1. The molecule has 1 aromatic carbocycles. The molecule has 1 aliphatic carbocycles. The minimum absolute atomic E-state index is 0.363. The van der Waals surface area contributed by atoms with Crippen LogP contribution in [0.4, 0.5) is 0 Å². The second-order valence-corrected chi connectivity index (χ2v) is 5.54. The zero-order valence-corrected chi connectivity index (χ0v) is 10.7. The molecule has 0 saturated carbocycles. The molecule has 2 heteroatoms. The third-order valence-corrected chi connectivity index (χ3v) is 3.02. The zero-order chi connectivity index (χ0) is 12.5. The van der Waals surface area contributed by atoms with Gasteiger partial charge in [0.1, 0.15) is 0 Å². The van der Waals surface area contributed by atoms with Crippen LogP contribution < -0.4 is 0 Å². The minimum Gasteiger partial charge on any atom is -0.623 e. The van der Waals surface area contributed by atoms with Gasteiger partial charge in [-0.05, 0) is 30.0 Å². The monoisotopic (exact) mass is 229 g/mol. The van der Waals surface area contributed by atoms with E-state index in [4.69, 9.17) is 0 Å². The fourth-order valence-corrected chi connectivity index (χ4v) is 1.90. The molecule has 0 aromatic heterocycles. The molecule has 0 N–H and O–H groups in total. The van der Waals surface area contributed by atoms with Crippen LogP contribution in [0.1, 0.15) is 38.3 Å². The second-order valence-electron chi connectivity index (χ2n) is 5.54. The smallest absolute Gasteiger partial charge is 0.178 e. The molecular formula is C15H19NO. The number of aryl methyl sites for hydroxylation is 1. The van der Waals surface area contributed by atoms with Crippen LogP contribution in [0, 0.1) is 5.21 Å². The molecule has 2 rings (SSSR count). The molecule has 0 radical (unpaired) electrons. The Morgan fingerprint density at radius 2 is 1.88 bits per heavy atom. The van der Waals surface area contributed by atoms with Gasteiger partial charge in [-0.25, -0.2) is 4.74 Å². The molecule has 0 heterocycles. The Morgan fingerprint density at radius 1 is 1.18 bits per heavy atom. The average molecular weight is 229 g/mol. The third kappa shape index (κ3) is 2.76. The first-order valence-electron chi connectivity index (χ1n) is 6.06. The quantitative estimate of drug-likeness (QED) is 0.314. The van der Waals surface area contributed by atoms with Gasteiger partial charge in [0.15, 0.2) is 11.8 Å². The summed E-state index contributed by atoms with van der Waals surface area (Å²) in [4.78, 5) is 0. The van der Waals surface area contributed by atoms with E-state index in [1.54, 1.807) is 6.21 Å². The maximum absolute atomic E-state index is 11.9. The van der Waals surface area contributed by atoms with Crippen molar-refractivity contribution in [3.8, 4) is 0 Å². The van der Waals surface area contributed by atoms with E-state index in [1.165, 1.54) is 11.1 Å². The molecule has 0 spiro atoms. The predicted molar refractivity (Wildman–Crippen MR) is 72.2 cm³/mol. The fourth-order valence-electron chi connectivity index (χ4n) is 1.90. The molecule has 0 atom stereocenters. The third-order valence-electron chi connectivity index (χ3n) is 3.02. The van der Waals surface area contributed by atoms with Gasteiger partial charge in [0.25, 0.3) is 0 Å². The fraction of sp³-hybridized carbons (Fsp3) is 0.400. The van der Waals surface area contributed by atoms with Crippen molar-refractivity contribution in [2.24, 2.45) is 0 Å². The molecule has 90 valence electrons. The summed E-state index contributed by atoms with van der Waals surface area (Å²) in [5.41, 5.74) is 3.37. The number of hydrogen-bond acceptors (Lipinski definition) is 1. The van der Waals surface area contributed by atoms with E-state index < -0.39 is 0 Å². The van der Waals surface area contributed by atoms with Crippen molar-refractivity contribution in [1.29, 1.82) is 0 Å². The summed E-state index contributed by atoms with van der Waals surface area (Å²) in [6.07, 6.45) is 5.83. The van der Waals surface area contributed by atoms with Gasteiger partial charge in [-0.15, -0.1) is 0 Å². The molecule has 0 amide bonds. The van der Waals surface area contributed by atoms with Crippen molar-refractivity contribution in [1.82, 2.24) is 0 Å². The van der Waals surface area contributed by atoms with Crippen LogP contribution in [0.25, 0.3) is 6.08 Å². The van der Waals surface area contributed by atoms with Crippen molar-refractivity contribution in [3.63, 3.8) is 0 Å². The molecule has 0 aliphatic heterocycles. The van der Waals surface area contributed by atoms with Crippen molar-refractivity contribution in [3.05, 3.63) is 46.2 Å². The first-order chi connectivity index (χ1) is 7.97. The van der Waals surface area contributed by atoms with E-state index in [-0.39, 0.29) is 5.54 Å². The lowest BCUT2D eigenvalue weighted by Crippen LogP contribution is -2.29. The van der Waals surface area contributed by atoms with Crippen LogP contribution in [0.5, 0.6) is 0 Å². The molecule has 17 heavy (non-hydrogen) atoms. The highest BCUT2D eigenvalue weighted by atomic mass is 16.5. The lowest BCUT2D eigenvalue weighted by atomic mass is 9.93. The molecule has 0 saturated heterocycles. The van der Waals surface area contributed by atoms with Crippen molar-refractivity contribution in [2.45, 2.75) is 39.2 Å². The van der Waals surface area contributed by atoms with Gasteiger partial charge in [-0.2, -0.15) is 0 Å². The average Bonchev–Trinajstić information content (AvgIpc) is 2.27. The maximum atomic E-state index is 11.9. The Labute approximate surface area is 103 Å². The summed E-state index contributed by atoms with van der Waals surface area (Å²) in [6, 6.07) is 8.36. The minimum atomic E-state index is -0.363. The second kappa shape index (κ2) is 4.36. The number of fused-ring (bicyclic) bond motifs is 1. The van der Waals surface area contributed by atoms with Gasteiger partial charge in [0, 0.05) is 26.3 Å². The van der Waals surface area contributed by atoms with Crippen molar-refractivity contribution >= 4 is 12.3 Å². The topological polar surface area (TPSA) is 26.1 Å². The van der Waals surface area contributed by atoms with E-state index >= 15 is 0 Å². The number of hydrogen-bond donors (Lipinski definition) is 0. The van der Waals surface area contributed by atoms with Crippen LogP contribution in [0.3, 0.4) is 0 Å². The number of allylic oxidation sites excluding steroid dienone is 1. The summed E-state index contributed by atoms with van der Waals surface area (Å²) in [5, 5.41) is 11.9. The highest BCUT2D eigenvalue weighted by Crippen LogP contribution is 2.22. The van der Waals surface area contributed by atoms with Crippen molar-refractivity contribution < 1.29 is 4.74 Å². The van der Waals surface area contributed by atoms with Crippen LogP contribution >= 0.6 is 0 Å².